The van der Waals surface area contributed by atoms with Crippen LogP contribution >= 0.6 is 0 Å². The molecule has 20 heavy (non-hydrogen) atoms. The quantitative estimate of drug-likeness (QED) is 0.636. The minimum atomic E-state index is -4.23. The van der Waals surface area contributed by atoms with Crippen LogP contribution < -0.4 is 0 Å². The van der Waals surface area contributed by atoms with Gasteiger partial charge in [0.15, 0.2) is 0 Å². The molecule has 0 amide bonds. The third kappa shape index (κ3) is 7.42. The molecule has 1 fully saturated rings. The molecule has 4 nitrogen and oxygen atoms in total. The molecule has 0 aromatic heterocycles. The molecule has 1 atom stereocenters. The molecule has 1 aliphatic heterocycles. The van der Waals surface area contributed by atoms with E-state index in [1.807, 2.05) is 6.92 Å². The maximum absolute atomic E-state index is 11.9. The second-order valence-electron chi connectivity index (χ2n) is 5.05. The fraction of sp³-hybridized carbons (Fsp3) is 1.00. The van der Waals surface area contributed by atoms with Gasteiger partial charge in [-0.2, -0.15) is 13.2 Å². The minimum Gasteiger partial charge on any atom is -0.380 e. The molecule has 120 valence electrons. The first-order valence-electron chi connectivity index (χ1n) is 7.11. The average molecular weight is 298 g/mol. The summed E-state index contributed by atoms with van der Waals surface area (Å²) in [5.74, 6) is 0. The van der Waals surface area contributed by atoms with Crippen LogP contribution in [0.2, 0.25) is 0 Å². The molecule has 0 spiro atoms. The van der Waals surface area contributed by atoms with E-state index in [9.17, 15) is 13.2 Å². The number of alkyl halides is 3. The Kier molecular flexibility index (Phi) is 7.79. The van der Waals surface area contributed by atoms with Crippen molar-refractivity contribution < 1.29 is 22.6 Å². The predicted octanol–water partition coefficient (Wildman–Crippen LogP) is 1.61. The maximum atomic E-state index is 11.9. The second kappa shape index (κ2) is 8.81. The molecule has 1 aliphatic rings. The number of halogens is 3. The van der Waals surface area contributed by atoms with E-state index in [-0.39, 0.29) is 6.61 Å². The first-order valence-corrected chi connectivity index (χ1v) is 7.11. The lowest BCUT2D eigenvalue weighted by atomic mass is 10.2. The first-order chi connectivity index (χ1) is 9.42. The average Bonchev–Trinajstić information content (AvgIpc) is 2.36. The summed E-state index contributed by atoms with van der Waals surface area (Å²) in [4.78, 5) is 4.50. The lowest BCUT2D eigenvalue weighted by Crippen LogP contribution is -2.53. The van der Waals surface area contributed by atoms with Gasteiger partial charge in [0, 0.05) is 45.4 Å². The molecular weight excluding hydrogens is 273 g/mol. The molecule has 1 heterocycles. The molecule has 0 unspecified atom stereocenters. The highest BCUT2D eigenvalue weighted by atomic mass is 19.4. The van der Waals surface area contributed by atoms with E-state index in [1.54, 1.807) is 0 Å². The molecule has 0 N–H and O–H groups in total. The molecule has 0 radical (unpaired) electrons. The van der Waals surface area contributed by atoms with E-state index >= 15 is 0 Å². The Balaban J connectivity index is 2.13. The Morgan fingerprint density at radius 1 is 1.10 bits per heavy atom. The number of piperazine rings is 1. The van der Waals surface area contributed by atoms with E-state index in [2.05, 4.69) is 21.5 Å². The molecule has 0 saturated carbocycles. The first kappa shape index (κ1) is 17.7. The fourth-order valence-electron chi connectivity index (χ4n) is 2.31. The lowest BCUT2D eigenvalue weighted by Gasteiger charge is -2.39. The SMILES string of the molecule is CCOCCN1CCN(CCOCC(F)(F)F)C[C@@H]1C. The van der Waals surface area contributed by atoms with Gasteiger partial charge in [-0.05, 0) is 13.8 Å². The van der Waals surface area contributed by atoms with Crippen LogP contribution in [0, 0.1) is 0 Å². The summed E-state index contributed by atoms with van der Waals surface area (Å²) in [5.41, 5.74) is 0. The zero-order chi connectivity index (χ0) is 15.0. The van der Waals surface area contributed by atoms with Crippen LogP contribution in [0.1, 0.15) is 13.8 Å². The Hall–Kier alpha value is -0.370. The molecule has 0 aromatic carbocycles. The van der Waals surface area contributed by atoms with Crippen molar-refractivity contribution >= 4 is 0 Å². The van der Waals surface area contributed by atoms with Crippen molar-refractivity contribution in [3.63, 3.8) is 0 Å². The summed E-state index contributed by atoms with van der Waals surface area (Å²) in [6, 6.07) is 0.395. The van der Waals surface area contributed by atoms with Crippen molar-refractivity contribution in [3.05, 3.63) is 0 Å². The monoisotopic (exact) mass is 298 g/mol. The van der Waals surface area contributed by atoms with E-state index in [0.717, 1.165) is 39.4 Å². The van der Waals surface area contributed by atoms with Gasteiger partial charge in [-0.15, -0.1) is 0 Å². The highest BCUT2D eigenvalue weighted by Gasteiger charge is 2.28. The maximum Gasteiger partial charge on any atom is 0.411 e. The van der Waals surface area contributed by atoms with E-state index in [4.69, 9.17) is 4.74 Å². The zero-order valence-corrected chi connectivity index (χ0v) is 12.3. The highest BCUT2D eigenvalue weighted by Crippen LogP contribution is 2.14. The van der Waals surface area contributed by atoms with E-state index < -0.39 is 12.8 Å². The number of hydrogen-bond acceptors (Lipinski definition) is 4. The molecule has 1 rings (SSSR count). The van der Waals surface area contributed by atoms with Gasteiger partial charge in [-0.1, -0.05) is 0 Å². The van der Waals surface area contributed by atoms with Crippen molar-refractivity contribution in [3.8, 4) is 0 Å². The van der Waals surface area contributed by atoms with Crippen LogP contribution in [0.4, 0.5) is 13.2 Å². The molecule has 0 aliphatic carbocycles. The van der Waals surface area contributed by atoms with Crippen LogP contribution in [0.3, 0.4) is 0 Å². The highest BCUT2D eigenvalue weighted by molar-refractivity contribution is 4.78. The van der Waals surface area contributed by atoms with Crippen LogP contribution in [-0.4, -0.2) is 81.2 Å². The van der Waals surface area contributed by atoms with Crippen LogP contribution in [0.25, 0.3) is 0 Å². The summed E-state index contributed by atoms with van der Waals surface area (Å²) in [5, 5.41) is 0. The summed E-state index contributed by atoms with van der Waals surface area (Å²) >= 11 is 0. The predicted molar refractivity (Wildman–Crippen MR) is 70.8 cm³/mol. The zero-order valence-electron chi connectivity index (χ0n) is 12.3. The largest absolute Gasteiger partial charge is 0.411 e. The summed E-state index contributed by atoms with van der Waals surface area (Å²) in [6.07, 6.45) is -4.23. The third-order valence-corrected chi connectivity index (χ3v) is 3.39. The van der Waals surface area contributed by atoms with Crippen molar-refractivity contribution in [1.82, 2.24) is 9.80 Å². The molecule has 0 aromatic rings. The van der Waals surface area contributed by atoms with E-state index in [0.29, 0.717) is 12.6 Å². The van der Waals surface area contributed by atoms with Gasteiger partial charge in [0.2, 0.25) is 0 Å². The number of ether oxygens (including phenoxy) is 2. The van der Waals surface area contributed by atoms with Crippen molar-refractivity contribution in [2.24, 2.45) is 0 Å². The standard InChI is InChI=1S/C13H25F3N2O2/c1-3-19-9-7-18-5-4-17(10-12(18)2)6-8-20-11-13(14,15)16/h12H,3-11H2,1-2H3/t12-/m0/s1. The van der Waals surface area contributed by atoms with Gasteiger partial charge in [-0.25, -0.2) is 0 Å². The Morgan fingerprint density at radius 3 is 2.40 bits per heavy atom. The van der Waals surface area contributed by atoms with Crippen molar-refractivity contribution in [1.29, 1.82) is 0 Å². The van der Waals surface area contributed by atoms with Gasteiger partial charge < -0.3 is 9.47 Å². The minimum absolute atomic E-state index is 0.130. The Morgan fingerprint density at radius 2 is 1.80 bits per heavy atom. The Labute approximate surface area is 118 Å². The second-order valence-corrected chi connectivity index (χ2v) is 5.05. The van der Waals surface area contributed by atoms with Gasteiger partial charge in [0.05, 0.1) is 13.2 Å². The van der Waals surface area contributed by atoms with Gasteiger partial charge in [-0.3, -0.25) is 9.80 Å². The third-order valence-electron chi connectivity index (χ3n) is 3.39. The topological polar surface area (TPSA) is 24.9 Å². The number of rotatable bonds is 8. The summed E-state index contributed by atoms with van der Waals surface area (Å²) in [6.45, 7) is 8.66. The van der Waals surface area contributed by atoms with Gasteiger partial charge >= 0.3 is 6.18 Å². The lowest BCUT2D eigenvalue weighted by molar-refractivity contribution is -0.174. The number of nitrogens with zero attached hydrogens (tertiary/aromatic N) is 2. The van der Waals surface area contributed by atoms with Gasteiger partial charge in [0.25, 0.3) is 0 Å². The number of hydrogen-bond donors (Lipinski definition) is 0. The molecule has 1 saturated heterocycles. The fourth-order valence-corrected chi connectivity index (χ4v) is 2.31. The summed E-state index contributed by atoms with van der Waals surface area (Å²) < 4.78 is 45.8. The summed E-state index contributed by atoms with van der Waals surface area (Å²) in [7, 11) is 0. The smallest absolute Gasteiger partial charge is 0.380 e. The van der Waals surface area contributed by atoms with Crippen LogP contribution in [-0.2, 0) is 9.47 Å². The molecule has 7 heteroatoms. The van der Waals surface area contributed by atoms with Crippen LogP contribution in [0.15, 0.2) is 0 Å². The van der Waals surface area contributed by atoms with Crippen molar-refractivity contribution in [2.75, 3.05) is 59.2 Å². The molecule has 0 bridgehead atoms. The Bertz CT molecular complexity index is 264. The van der Waals surface area contributed by atoms with Crippen molar-refractivity contribution in [2.45, 2.75) is 26.1 Å². The van der Waals surface area contributed by atoms with E-state index in [1.165, 1.54) is 0 Å². The van der Waals surface area contributed by atoms with Crippen LogP contribution in [0.5, 0.6) is 0 Å². The molecular formula is C13H25F3N2O2. The normalized spacial score (nSPS) is 22.4. The van der Waals surface area contributed by atoms with Gasteiger partial charge in [0.1, 0.15) is 6.61 Å².